The summed E-state index contributed by atoms with van der Waals surface area (Å²) in [6, 6.07) is 12.5. The van der Waals surface area contributed by atoms with Crippen LogP contribution in [0.5, 0.6) is 0 Å². The van der Waals surface area contributed by atoms with Gasteiger partial charge < -0.3 is 15.0 Å². The first-order chi connectivity index (χ1) is 13.2. The standard InChI is InChI=1S/C24H32N2O2/c1-7-28-23(27)18-8-10-19(11-9-18)25-21-15-22-20(14-17(21)4)24(5,6)12-13-26(22)16(2)3/h8-11,14-16,25H,7,12-13H2,1-6H3. The number of carbonyl (C=O) groups excluding carboxylic acids is 1. The molecule has 28 heavy (non-hydrogen) atoms. The summed E-state index contributed by atoms with van der Waals surface area (Å²) in [7, 11) is 0. The van der Waals surface area contributed by atoms with Gasteiger partial charge in [0.2, 0.25) is 0 Å². The van der Waals surface area contributed by atoms with Crippen LogP contribution in [0.3, 0.4) is 0 Å². The summed E-state index contributed by atoms with van der Waals surface area (Å²) in [5, 5.41) is 3.53. The Morgan fingerprint density at radius 2 is 1.89 bits per heavy atom. The Labute approximate surface area is 168 Å². The molecule has 0 aliphatic carbocycles. The molecule has 1 aliphatic rings. The molecule has 0 saturated carbocycles. The van der Waals surface area contributed by atoms with Crippen molar-refractivity contribution in [2.45, 2.75) is 59.4 Å². The lowest BCUT2D eigenvalue weighted by molar-refractivity contribution is 0.0526. The van der Waals surface area contributed by atoms with E-state index in [-0.39, 0.29) is 11.4 Å². The van der Waals surface area contributed by atoms with Gasteiger partial charge in [0.05, 0.1) is 12.2 Å². The minimum Gasteiger partial charge on any atom is -0.462 e. The minimum absolute atomic E-state index is 0.186. The van der Waals surface area contributed by atoms with Crippen LogP contribution in [0.2, 0.25) is 0 Å². The van der Waals surface area contributed by atoms with Gasteiger partial charge in [-0.05, 0) is 81.0 Å². The number of benzene rings is 2. The molecule has 0 spiro atoms. The third kappa shape index (κ3) is 4.01. The molecule has 1 aliphatic heterocycles. The fourth-order valence-electron chi connectivity index (χ4n) is 3.86. The van der Waals surface area contributed by atoms with E-state index in [4.69, 9.17) is 4.74 Å². The molecule has 0 bridgehead atoms. The van der Waals surface area contributed by atoms with Crippen molar-refractivity contribution in [2.24, 2.45) is 0 Å². The third-order valence-corrected chi connectivity index (χ3v) is 5.66. The van der Waals surface area contributed by atoms with Gasteiger partial charge in [-0.3, -0.25) is 0 Å². The zero-order valence-corrected chi connectivity index (χ0v) is 17.9. The number of nitrogens with one attached hydrogen (secondary N) is 1. The van der Waals surface area contributed by atoms with Gasteiger partial charge in [-0.2, -0.15) is 0 Å². The van der Waals surface area contributed by atoms with Gasteiger partial charge in [-0.1, -0.05) is 19.9 Å². The average molecular weight is 381 g/mol. The zero-order chi connectivity index (χ0) is 20.5. The molecule has 2 aromatic carbocycles. The van der Waals surface area contributed by atoms with Gasteiger partial charge in [0.25, 0.3) is 0 Å². The number of fused-ring (bicyclic) bond motifs is 1. The molecule has 0 fully saturated rings. The van der Waals surface area contributed by atoms with Crippen LogP contribution in [0.15, 0.2) is 36.4 Å². The molecule has 3 rings (SSSR count). The lowest BCUT2D eigenvalue weighted by Crippen LogP contribution is -2.41. The molecule has 0 atom stereocenters. The van der Waals surface area contributed by atoms with Gasteiger partial charge in [0, 0.05) is 29.6 Å². The molecule has 4 heteroatoms. The first kappa shape index (κ1) is 20.2. The molecular weight excluding hydrogens is 348 g/mol. The van der Waals surface area contributed by atoms with Crippen LogP contribution in [-0.2, 0) is 10.2 Å². The molecule has 0 aromatic heterocycles. The van der Waals surface area contributed by atoms with Gasteiger partial charge in [0.1, 0.15) is 0 Å². The first-order valence-electron chi connectivity index (χ1n) is 10.2. The molecule has 0 saturated heterocycles. The quantitative estimate of drug-likeness (QED) is 0.665. The molecule has 1 N–H and O–H groups in total. The number of hydrogen-bond acceptors (Lipinski definition) is 4. The van der Waals surface area contributed by atoms with Gasteiger partial charge in [-0.15, -0.1) is 0 Å². The first-order valence-corrected chi connectivity index (χ1v) is 10.2. The number of rotatable bonds is 5. The fraction of sp³-hybridized carbons (Fsp3) is 0.458. The Hall–Kier alpha value is -2.49. The van der Waals surface area contributed by atoms with Crippen LogP contribution in [0.1, 0.15) is 62.5 Å². The van der Waals surface area contributed by atoms with E-state index in [2.05, 4.69) is 57.0 Å². The summed E-state index contributed by atoms with van der Waals surface area (Å²) < 4.78 is 5.06. The summed E-state index contributed by atoms with van der Waals surface area (Å²) in [5.41, 5.74) is 6.80. The summed E-state index contributed by atoms with van der Waals surface area (Å²) in [4.78, 5) is 14.3. The summed E-state index contributed by atoms with van der Waals surface area (Å²) in [5.74, 6) is -0.284. The van der Waals surface area contributed by atoms with E-state index in [9.17, 15) is 4.79 Å². The maximum atomic E-state index is 11.8. The number of ether oxygens (including phenoxy) is 1. The highest BCUT2D eigenvalue weighted by Gasteiger charge is 2.32. The SMILES string of the molecule is CCOC(=O)c1ccc(Nc2cc3c(cc2C)C(C)(C)CCN3C(C)C)cc1. The Morgan fingerprint density at radius 1 is 1.21 bits per heavy atom. The molecule has 0 amide bonds. The van der Waals surface area contributed by atoms with Crippen LogP contribution in [0, 0.1) is 6.92 Å². The lowest BCUT2D eigenvalue weighted by Gasteiger charge is -2.43. The smallest absolute Gasteiger partial charge is 0.338 e. The van der Waals surface area contributed by atoms with Crippen molar-refractivity contribution in [3.05, 3.63) is 53.1 Å². The maximum Gasteiger partial charge on any atom is 0.338 e. The van der Waals surface area contributed by atoms with Crippen LogP contribution >= 0.6 is 0 Å². The molecule has 2 aromatic rings. The minimum atomic E-state index is -0.284. The Kier molecular flexibility index (Phi) is 5.69. The van der Waals surface area contributed by atoms with Crippen LogP contribution < -0.4 is 10.2 Å². The van der Waals surface area contributed by atoms with Crippen molar-refractivity contribution in [1.29, 1.82) is 0 Å². The van der Waals surface area contributed by atoms with Crippen molar-refractivity contribution in [1.82, 2.24) is 0 Å². The average Bonchev–Trinajstić information content (AvgIpc) is 2.63. The Morgan fingerprint density at radius 3 is 2.50 bits per heavy atom. The molecule has 0 unspecified atom stereocenters. The Bertz CT molecular complexity index is 854. The highest BCUT2D eigenvalue weighted by molar-refractivity contribution is 5.90. The van der Waals surface area contributed by atoms with Gasteiger partial charge in [-0.25, -0.2) is 4.79 Å². The van der Waals surface area contributed by atoms with E-state index in [0.29, 0.717) is 18.2 Å². The lowest BCUT2D eigenvalue weighted by atomic mass is 9.76. The van der Waals surface area contributed by atoms with E-state index in [1.54, 1.807) is 12.1 Å². The molecular formula is C24H32N2O2. The molecule has 0 radical (unpaired) electrons. The second kappa shape index (κ2) is 7.86. The predicted octanol–water partition coefficient (Wildman–Crippen LogP) is 5.81. The number of carbonyl (C=O) groups is 1. The number of anilines is 3. The number of esters is 1. The summed E-state index contributed by atoms with van der Waals surface area (Å²) in [6.45, 7) is 14.6. The molecule has 1 heterocycles. The van der Waals surface area contributed by atoms with Crippen LogP contribution in [0.4, 0.5) is 17.1 Å². The largest absolute Gasteiger partial charge is 0.462 e. The van der Waals surface area contributed by atoms with Crippen molar-refractivity contribution in [3.63, 3.8) is 0 Å². The summed E-state index contributed by atoms with van der Waals surface area (Å²) in [6.07, 6.45) is 1.17. The third-order valence-electron chi connectivity index (χ3n) is 5.66. The monoisotopic (exact) mass is 380 g/mol. The summed E-state index contributed by atoms with van der Waals surface area (Å²) >= 11 is 0. The van der Waals surface area contributed by atoms with E-state index in [0.717, 1.165) is 17.9 Å². The number of aryl methyl sites for hydroxylation is 1. The van der Waals surface area contributed by atoms with E-state index >= 15 is 0 Å². The van der Waals surface area contributed by atoms with Crippen molar-refractivity contribution >= 4 is 23.0 Å². The maximum absolute atomic E-state index is 11.8. The molecule has 4 nitrogen and oxygen atoms in total. The van der Waals surface area contributed by atoms with Crippen LogP contribution in [-0.4, -0.2) is 25.2 Å². The zero-order valence-electron chi connectivity index (χ0n) is 17.9. The van der Waals surface area contributed by atoms with Gasteiger partial charge >= 0.3 is 5.97 Å². The van der Waals surface area contributed by atoms with Crippen molar-refractivity contribution in [2.75, 3.05) is 23.4 Å². The number of hydrogen-bond donors (Lipinski definition) is 1. The second-order valence-corrected chi connectivity index (χ2v) is 8.53. The highest BCUT2D eigenvalue weighted by atomic mass is 16.5. The fourth-order valence-corrected chi connectivity index (χ4v) is 3.86. The highest BCUT2D eigenvalue weighted by Crippen LogP contribution is 2.43. The Balaban J connectivity index is 1.91. The topological polar surface area (TPSA) is 41.6 Å². The normalized spacial score (nSPS) is 15.3. The predicted molar refractivity (Wildman–Crippen MR) is 117 cm³/mol. The van der Waals surface area contributed by atoms with E-state index in [1.165, 1.54) is 23.2 Å². The van der Waals surface area contributed by atoms with Crippen LogP contribution in [0.25, 0.3) is 0 Å². The van der Waals surface area contributed by atoms with Crippen molar-refractivity contribution in [3.8, 4) is 0 Å². The van der Waals surface area contributed by atoms with Crippen molar-refractivity contribution < 1.29 is 9.53 Å². The van der Waals surface area contributed by atoms with E-state index in [1.807, 2.05) is 19.1 Å². The van der Waals surface area contributed by atoms with E-state index < -0.39 is 0 Å². The van der Waals surface area contributed by atoms with Gasteiger partial charge in [0.15, 0.2) is 0 Å². The molecule has 150 valence electrons. The second-order valence-electron chi connectivity index (χ2n) is 8.53. The number of nitrogens with zero attached hydrogens (tertiary/aromatic N) is 1.